The number of hydrogen-bond acceptors (Lipinski definition) is 4. The summed E-state index contributed by atoms with van der Waals surface area (Å²) < 4.78 is 3.50. The Bertz CT molecular complexity index is 854. The molecule has 3 aromatic rings. The summed E-state index contributed by atoms with van der Waals surface area (Å²) in [7, 11) is 2.19. The van der Waals surface area contributed by atoms with Gasteiger partial charge in [0.1, 0.15) is 5.82 Å². The Hall–Kier alpha value is -1.76. The SMILES string of the molecule is CN1Sc2cc(Br)ccc2N(Cc2ncc[nH]2)CC1Cc1ccccc1. The average Bonchev–Trinajstić information content (AvgIpc) is 3.10. The van der Waals surface area contributed by atoms with Crippen LogP contribution in [-0.2, 0) is 13.0 Å². The molecule has 1 aliphatic heterocycles. The largest absolute Gasteiger partial charge is 0.361 e. The van der Waals surface area contributed by atoms with Crippen molar-refractivity contribution in [3.63, 3.8) is 0 Å². The van der Waals surface area contributed by atoms with Gasteiger partial charge in [-0.2, -0.15) is 0 Å². The molecule has 4 rings (SSSR count). The van der Waals surface area contributed by atoms with Crippen LogP contribution in [-0.4, -0.2) is 33.9 Å². The topological polar surface area (TPSA) is 35.2 Å². The van der Waals surface area contributed by atoms with Crippen LogP contribution >= 0.6 is 27.9 Å². The molecule has 0 saturated carbocycles. The van der Waals surface area contributed by atoms with Gasteiger partial charge in [-0.05, 0) is 49.2 Å². The van der Waals surface area contributed by atoms with E-state index in [0.29, 0.717) is 6.04 Å². The van der Waals surface area contributed by atoms with Crippen molar-refractivity contribution in [1.29, 1.82) is 0 Å². The minimum absolute atomic E-state index is 0.406. The van der Waals surface area contributed by atoms with Crippen LogP contribution in [0, 0.1) is 0 Å². The molecule has 134 valence electrons. The van der Waals surface area contributed by atoms with Crippen molar-refractivity contribution >= 4 is 33.6 Å². The van der Waals surface area contributed by atoms with Gasteiger partial charge in [-0.15, -0.1) is 0 Å². The molecule has 0 fully saturated rings. The van der Waals surface area contributed by atoms with E-state index in [4.69, 9.17) is 0 Å². The first-order chi connectivity index (χ1) is 12.7. The molecule has 0 spiro atoms. The highest BCUT2D eigenvalue weighted by atomic mass is 79.9. The minimum atomic E-state index is 0.406. The smallest absolute Gasteiger partial charge is 0.125 e. The van der Waals surface area contributed by atoms with E-state index in [-0.39, 0.29) is 0 Å². The van der Waals surface area contributed by atoms with Gasteiger partial charge in [-0.1, -0.05) is 46.3 Å². The Kier molecular flexibility index (Phi) is 5.33. The Morgan fingerprint density at radius 1 is 1.23 bits per heavy atom. The van der Waals surface area contributed by atoms with E-state index in [2.05, 4.69) is 90.7 Å². The van der Waals surface area contributed by atoms with Crippen molar-refractivity contribution in [3.8, 4) is 0 Å². The summed E-state index contributed by atoms with van der Waals surface area (Å²) in [5, 5.41) is 0. The lowest BCUT2D eigenvalue weighted by Crippen LogP contribution is -2.39. The molecule has 1 unspecified atom stereocenters. The van der Waals surface area contributed by atoms with Crippen molar-refractivity contribution in [2.24, 2.45) is 0 Å². The van der Waals surface area contributed by atoms with Crippen LogP contribution in [0.4, 0.5) is 5.69 Å². The quantitative estimate of drug-likeness (QED) is 0.608. The van der Waals surface area contributed by atoms with Gasteiger partial charge in [0.05, 0.1) is 12.2 Å². The van der Waals surface area contributed by atoms with Gasteiger partial charge >= 0.3 is 0 Å². The molecule has 1 N–H and O–H groups in total. The van der Waals surface area contributed by atoms with E-state index in [1.807, 2.05) is 24.3 Å². The molecule has 2 heterocycles. The van der Waals surface area contributed by atoms with Crippen LogP contribution in [0.3, 0.4) is 0 Å². The van der Waals surface area contributed by atoms with Crippen LogP contribution in [0.1, 0.15) is 11.4 Å². The molecule has 1 atom stereocenters. The van der Waals surface area contributed by atoms with Crippen molar-refractivity contribution in [3.05, 3.63) is 76.8 Å². The van der Waals surface area contributed by atoms with Gasteiger partial charge in [-0.25, -0.2) is 9.29 Å². The molecule has 1 aromatic heterocycles. The van der Waals surface area contributed by atoms with E-state index in [0.717, 1.165) is 29.8 Å². The average molecular weight is 429 g/mol. The van der Waals surface area contributed by atoms with Gasteiger partial charge in [0, 0.05) is 34.3 Å². The van der Waals surface area contributed by atoms with Crippen LogP contribution in [0.2, 0.25) is 0 Å². The summed E-state index contributed by atoms with van der Waals surface area (Å²) in [6.07, 6.45) is 4.73. The summed E-state index contributed by atoms with van der Waals surface area (Å²) in [5.41, 5.74) is 2.63. The first-order valence-corrected chi connectivity index (χ1v) is 10.2. The second kappa shape index (κ2) is 7.86. The number of nitrogens with zero attached hydrogens (tertiary/aromatic N) is 3. The number of imidazole rings is 1. The van der Waals surface area contributed by atoms with Crippen molar-refractivity contribution < 1.29 is 0 Å². The monoisotopic (exact) mass is 428 g/mol. The Balaban J connectivity index is 1.65. The molecule has 2 aromatic carbocycles. The third-order valence-electron chi connectivity index (χ3n) is 4.66. The fourth-order valence-corrected chi connectivity index (χ4v) is 4.90. The third kappa shape index (κ3) is 3.98. The van der Waals surface area contributed by atoms with Crippen LogP contribution in [0.25, 0.3) is 0 Å². The molecule has 4 nitrogen and oxygen atoms in total. The predicted octanol–water partition coefficient (Wildman–Crippen LogP) is 4.74. The van der Waals surface area contributed by atoms with Gasteiger partial charge in [0.2, 0.25) is 0 Å². The van der Waals surface area contributed by atoms with Gasteiger partial charge in [-0.3, -0.25) is 0 Å². The number of aromatic amines is 1. The summed E-state index contributed by atoms with van der Waals surface area (Å²) >= 11 is 5.44. The second-order valence-corrected chi connectivity index (χ2v) is 8.62. The molecular formula is C20H21BrN4S. The van der Waals surface area contributed by atoms with Crippen LogP contribution in [0.15, 0.2) is 70.3 Å². The maximum Gasteiger partial charge on any atom is 0.125 e. The van der Waals surface area contributed by atoms with Crippen molar-refractivity contribution in [2.45, 2.75) is 23.9 Å². The lowest BCUT2D eigenvalue weighted by atomic mass is 10.1. The lowest BCUT2D eigenvalue weighted by Gasteiger charge is -2.29. The number of aromatic nitrogens is 2. The molecule has 0 bridgehead atoms. The Labute approximate surface area is 166 Å². The van der Waals surface area contributed by atoms with E-state index in [9.17, 15) is 0 Å². The fraction of sp³-hybridized carbons (Fsp3) is 0.250. The number of benzene rings is 2. The molecule has 1 aliphatic rings. The summed E-state index contributed by atoms with van der Waals surface area (Å²) in [6.45, 7) is 1.73. The zero-order valence-electron chi connectivity index (χ0n) is 14.6. The standard InChI is InChI=1S/C20H21BrN4S/c1-24-17(11-15-5-3-2-4-6-15)13-25(14-20-22-9-10-23-20)18-8-7-16(21)12-19(18)26-24/h2-10,12,17H,11,13-14H2,1H3,(H,22,23). The van der Waals surface area contributed by atoms with Crippen molar-refractivity contribution in [2.75, 3.05) is 18.5 Å². The fourth-order valence-electron chi connectivity index (χ4n) is 3.31. The van der Waals surface area contributed by atoms with Gasteiger partial charge < -0.3 is 9.88 Å². The first kappa shape index (κ1) is 17.6. The zero-order chi connectivity index (χ0) is 17.9. The van der Waals surface area contributed by atoms with Gasteiger partial charge in [0.15, 0.2) is 0 Å². The van der Waals surface area contributed by atoms with E-state index in [1.165, 1.54) is 16.1 Å². The van der Waals surface area contributed by atoms with Crippen molar-refractivity contribution in [1.82, 2.24) is 14.3 Å². The number of fused-ring (bicyclic) bond motifs is 1. The van der Waals surface area contributed by atoms with E-state index < -0.39 is 0 Å². The Morgan fingerprint density at radius 3 is 2.85 bits per heavy atom. The molecule has 0 aliphatic carbocycles. The number of hydrogen-bond donors (Lipinski definition) is 1. The molecule has 0 saturated heterocycles. The lowest BCUT2D eigenvalue weighted by molar-refractivity contribution is 0.404. The predicted molar refractivity (Wildman–Crippen MR) is 111 cm³/mol. The summed E-state index contributed by atoms with van der Waals surface area (Å²) in [4.78, 5) is 11.4. The highest BCUT2D eigenvalue weighted by molar-refractivity contribution is 9.10. The number of likely N-dealkylation sites (N-methyl/N-ethyl adjacent to an activating group) is 1. The third-order valence-corrected chi connectivity index (χ3v) is 6.26. The van der Waals surface area contributed by atoms with E-state index in [1.54, 1.807) is 0 Å². The first-order valence-electron chi connectivity index (χ1n) is 8.66. The number of halogens is 1. The molecular weight excluding hydrogens is 408 g/mol. The molecule has 26 heavy (non-hydrogen) atoms. The molecule has 0 radical (unpaired) electrons. The van der Waals surface area contributed by atoms with Gasteiger partial charge in [0.25, 0.3) is 0 Å². The molecule has 0 amide bonds. The zero-order valence-corrected chi connectivity index (χ0v) is 17.0. The highest BCUT2D eigenvalue weighted by Gasteiger charge is 2.27. The summed E-state index contributed by atoms with van der Waals surface area (Å²) in [5.74, 6) is 0.992. The van der Waals surface area contributed by atoms with Crippen LogP contribution < -0.4 is 4.90 Å². The number of H-pyrrole nitrogens is 1. The van der Waals surface area contributed by atoms with E-state index >= 15 is 0 Å². The number of rotatable bonds is 4. The second-order valence-electron chi connectivity index (χ2n) is 6.51. The maximum atomic E-state index is 4.43. The normalized spacial score (nSPS) is 17.8. The minimum Gasteiger partial charge on any atom is -0.361 e. The number of anilines is 1. The number of nitrogens with one attached hydrogen (secondary N) is 1. The Morgan fingerprint density at radius 2 is 2.08 bits per heavy atom. The highest BCUT2D eigenvalue weighted by Crippen LogP contribution is 2.39. The summed E-state index contributed by atoms with van der Waals surface area (Å²) in [6, 6.07) is 17.7. The van der Waals surface area contributed by atoms with Crippen LogP contribution in [0.5, 0.6) is 0 Å². The molecule has 6 heteroatoms. The maximum absolute atomic E-state index is 4.43.